The number of alkyl halides is 3. The van der Waals surface area contributed by atoms with Gasteiger partial charge in [0.25, 0.3) is 5.91 Å². The Morgan fingerprint density at radius 1 is 1.17 bits per heavy atom. The van der Waals surface area contributed by atoms with Crippen molar-refractivity contribution < 1.29 is 32.7 Å². The molecule has 0 saturated heterocycles. The predicted octanol–water partition coefficient (Wildman–Crippen LogP) is 3.13. The van der Waals surface area contributed by atoms with E-state index in [0.717, 1.165) is 23.4 Å². The molecule has 0 bridgehead atoms. The van der Waals surface area contributed by atoms with E-state index in [1.54, 1.807) is 12.1 Å². The number of rotatable bonds is 4. The van der Waals surface area contributed by atoms with E-state index < -0.39 is 12.1 Å². The van der Waals surface area contributed by atoms with Crippen molar-refractivity contribution in [3.05, 3.63) is 59.2 Å². The van der Waals surface area contributed by atoms with Crippen molar-refractivity contribution in [1.29, 1.82) is 0 Å². The first-order valence-corrected chi connectivity index (χ1v) is 8.73. The smallest absolute Gasteiger partial charge is 0.475 e. The molecule has 0 aliphatic carbocycles. The second-order valence-electron chi connectivity index (χ2n) is 6.79. The van der Waals surface area contributed by atoms with Crippen molar-refractivity contribution in [2.45, 2.75) is 19.1 Å². The molecule has 2 aromatic rings. The summed E-state index contributed by atoms with van der Waals surface area (Å²) < 4.78 is 31.7. The molecule has 0 spiro atoms. The summed E-state index contributed by atoms with van der Waals surface area (Å²) in [6.45, 7) is 0.785. The van der Waals surface area contributed by atoms with Gasteiger partial charge in [-0.1, -0.05) is 12.1 Å². The fraction of sp³-hybridized carbons (Fsp3) is 0.250. The zero-order chi connectivity index (χ0) is 22.5. The highest BCUT2D eigenvalue weighted by molar-refractivity contribution is 6.05. The molecule has 0 radical (unpaired) electrons. The van der Waals surface area contributed by atoms with Crippen LogP contribution in [0.1, 0.15) is 21.5 Å². The van der Waals surface area contributed by atoms with Gasteiger partial charge in [-0.05, 0) is 55.6 Å². The minimum atomic E-state index is -5.08. The van der Waals surface area contributed by atoms with Gasteiger partial charge in [-0.3, -0.25) is 9.59 Å². The number of nitrogens with zero attached hydrogens (tertiary/aromatic N) is 1. The van der Waals surface area contributed by atoms with Gasteiger partial charge in [0.15, 0.2) is 0 Å². The summed E-state index contributed by atoms with van der Waals surface area (Å²) >= 11 is 0. The molecule has 0 fully saturated rings. The van der Waals surface area contributed by atoms with E-state index in [4.69, 9.17) is 9.90 Å². The van der Waals surface area contributed by atoms with E-state index in [1.165, 1.54) is 0 Å². The lowest BCUT2D eigenvalue weighted by Crippen LogP contribution is -2.21. The van der Waals surface area contributed by atoms with Crippen LogP contribution < -0.4 is 10.6 Å². The molecule has 1 aliphatic rings. The highest BCUT2D eigenvalue weighted by Crippen LogP contribution is 2.26. The van der Waals surface area contributed by atoms with Gasteiger partial charge < -0.3 is 20.6 Å². The maximum Gasteiger partial charge on any atom is 0.490 e. The molecule has 0 saturated carbocycles. The number of hydrogen-bond acceptors (Lipinski definition) is 4. The highest BCUT2D eigenvalue weighted by atomic mass is 19.4. The van der Waals surface area contributed by atoms with Gasteiger partial charge in [-0.15, -0.1) is 0 Å². The zero-order valence-electron chi connectivity index (χ0n) is 16.2. The number of nitrogens with one attached hydrogen (secondary N) is 2. The van der Waals surface area contributed by atoms with Crippen LogP contribution in [0.4, 0.5) is 24.5 Å². The number of carbonyl (C=O) groups excluding carboxylic acids is 2. The molecule has 7 nitrogen and oxygen atoms in total. The van der Waals surface area contributed by atoms with Crippen molar-refractivity contribution in [2.75, 3.05) is 24.7 Å². The Morgan fingerprint density at radius 2 is 1.83 bits per heavy atom. The largest absolute Gasteiger partial charge is 0.490 e. The molecule has 30 heavy (non-hydrogen) atoms. The number of carboxylic acid groups (broad SMARTS) is 1. The molecule has 10 heteroatoms. The van der Waals surface area contributed by atoms with Crippen molar-refractivity contribution in [3.8, 4) is 0 Å². The van der Waals surface area contributed by atoms with E-state index in [2.05, 4.69) is 15.5 Å². The minimum Gasteiger partial charge on any atom is -0.475 e. The molecule has 2 amide bonds. The standard InChI is InChI=1S/C18H19N3O2.C2HF3O2/c1-21(2)11-12-4-3-5-13(8-12)18(23)19-15-6-7-16-14(9-15)10-17(22)20-16;3-2(4,5)1(6)7/h3-9H,10-11H2,1-2H3,(H,19,23)(H,20,22);(H,6,7). The SMILES string of the molecule is CN(C)Cc1cccc(C(=O)Nc2ccc3c(c2)CC(=O)N3)c1.O=C(O)C(F)(F)F. The van der Waals surface area contributed by atoms with E-state index >= 15 is 0 Å². The number of fused-ring (bicyclic) bond motifs is 1. The quantitative estimate of drug-likeness (QED) is 0.702. The lowest BCUT2D eigenvalue weighted by atomic mass is 10.1. The average molecular weight is 423 g/mol. The number of carbonyl (C=O) groups is 3. The van der Waals surface area contributed by atoms with Gasteiger partial charge in [0.1, 0.15) is 0 Å². The molecule has 160 valence electrons. The number of aliphatic carboxylic acids is 1. The van der Waals surface area contributed by atoms with E-state index in [0.29, 0.717) is 17.7 Å². The summed E-state index contributed by atoms with van der Waals surface area (Å²) in [5.74, 6) is -2.92. The molecule has 1 aliphatic heterocycles. The van der Waals surface area contributed by atoms with Crippen LogP contribution in [0.3, 0.4) is 0 Å². The van der Waals surface area contributed by atoms with Crippen LogP contribution in [0.15, 0.2) is 42.5 Å². The summed E-state index contributed by atoms with van der Waals surface area (Å²) in [4.78, 5) is 34.7. The molecular formula is C20H20F3N3O4. The van der Waals surface area contributed by atoms with Crippen LogP contribution in [0.25, 0.3) is 0 Å². The summed E-state index contributed by atoms with van der Waals surface area (Å²) in [6, 6.07) is 13.0. The van der Waals surface area contributed by atoms with Crippen LogP contribution in [0.5, 0.6) is 0 Å². The Hall–Kier alpha value is -3.40. The van der Waals surface area contributed by atoms with E-state index in [9.17, 15) is 22.8 Å². The molecule has 0 unspecified atom stereocenters. The lowest BCUT2D eigenvalue weighted by Gasteiger charge is -2.11. The van der Waals surface area contributed by atoms with Crippen molar-refractivity contribution in [1.82, 2.24) is 4.90 Å². The first-order valence-electron chi connectivity index (χ1n) is 8.73. The molecule has 3 N–H and O–H groups in total. The maximum atomic E-state index is 12.4. The molecule has 1 heterocycles. The Labute approximate surface area is 170 Å². The van der Waals surface area contributed by atoms with Gasteiger partial charge in [0.2, 0.25) is 5.91 Å². The lowest BCUT2D eigenvalue weighted by molar-refractivity contribution is -0.192. The van der Waals surface area contributed by atoms with Gasteiger partial charge in [0.05, 0.1) is 6.42 Å². The first kappa shape index (κ1) is 22.9. The maximum absolute atomic E-state index is 12.4. The van der Waals surface area contributed by atoms with Crippen molar-refractivity contribution in [2.24, 2.45) is 0 Å². The van der Waals surface area contributed by atoms with Crippen LogP contribution >= 0.6 is 0 Å². The topological polar surface area (TPSA) is 98.7 Å². The summed E-state index contributed by atoms with van der Waals surface area (Å²) in [5, 5.41) is 12.8. The third kappa shape index (κ3) is 6.59. The number of benzene rings is 2. The van der Waals surface area contributed by atoms with Gasteiger partial charge in [0, 0.05) is 23.5 Å². The summed E-state index contributed by atoms with van der Waals surface area (Å²) in [7, 11) is 3.99. The monoisotopic (exact) mass is 423 g/mol. The molecule has 0 aromatic heterocycles. The van der Waals surface area contributed by atoms with Crippen LogP contribution in [-0.4, -0.2) is 48.1 Å². The van der Waals surface area contributed by atoms with E-state index in [1.807, 2.05) is 44.4 Å². The average Bonchev–Trinajstić information content (AvgIpc) is 3.00. The zero-order valence-corrected chi connectivity index (χ0v) is 16.2. The van der Waals surface area contributed by atoms with E-state index in [-0.39, 0.29) is 11.8 Å². The number of hydrogen-bond donors (Lipinski definition) is 3. The van der Waals surface area contributed by atoms with Crippen molar-refractivity contribution >= 4 is 29.2 Å². The van der Waals surface area contributed by atoms with Crippen LogP contribution in [0, 0.1) is 0 Å². The molecule has 0 atom stereocenters. The molecule has 3 rings (SSSR count). The number of halogens is 3. The normalized spacial score (nSPS) is 12.5. The second-order valence-corrected chi connectivity index (χ2v) is 6.79. The third-order valence-corrected chi connectivity index (χ3v) is 3.92. The predicted molar refractivity (Wildman–Crippen MR) is 104 cm³/mol. The fourth-order valence-corrected chi connectivity index (χ4v) is 2.69. The summed E-state index contributed by atoms with van der Waals surface area (Å²) in [6.07, 6.45) is -4.72. The van der Waals surface area contributed by atoms with Gasteiger partial charge >= 0.3 is 12.1 Å². The third-order valence-electron chi connectivity index (χ3n) is 3.92. The highest BCUT2D eigenvalue weighted by Gasteiger charge is 2.38. The molecule has 2 aromatic carbocycles. The first-order chi connectivity index (χ1) is 14.0. The summed E-state index contributed by atoms with van der Waals surface area (Å²) in [5.41, 5.74) is 4.14. The van der Waals surface area contributed by atoms with Gasteiger partial charge in [-0.2, -0.15) is 13.2 Å². The van der Waals surface area contributed by atoms with Crippen molar-refractivity contribution in [3.63, 3.8) is 0 Å². The number of carboxylic acids is 1. The fourth-order valence-electron chi connectivity index (χ4n) is 2.69. The molecular weight excluding hydrogens is 403 g/mol. The number of anilines is 2. The Balaban J connectivity index is 0.000000396. The second kappa shape index (κ2) is 9.40. The van der Waals surface area contributed by atoms with Crippen LogP contribution in [-0.2, 0) is 22.6 Å². The Kier molecular flexibility index (Phi) is 7.17. The Bertz CT molecular complexity index is 959. The van der Waals surface area contributed by atoms with Crippen LogP contribution in [0.2, 0.25) is 0 Å². The minimum absolute atomic E-state index is 0.0140. The number of amides is 2. The van der Waals surface area contributed by atoms with Gasteiger partial charge in [-0.25, -0.2) is 4.79 Å². The Morgan fingerprint density at radius 3 is 2.43 bits per heavy atom.